The minimum atomic E-state index is -0.659. The Labute approximate surface area is 129 Å². The average molecular weight is 351 g/mol. The van der Waals surface area contributed by atoms with Crippen molar-refractivity contribution >= 4 is 39.1 Å². The van der Waals surface area contributed by atoms with E-state index in [0.29, 0.717) is 5.69 Å². The molecule has 21 heavy (non-hydrogen) atoms. The number of nitrogens with one attached hydrogen (secondary N) is 2. The molecule has 0 bridgehead atoms. The van der Waals surface area contributed by atoms with E-state index >= 15 is 0 Å². The van der Waals surface area contributed by atoms with E-state index in [-0.39, 0.29) is 17.0 Å². The molecule has 6 heteroatoms. The van der Waals surface area contributed by atoms with Crippen LogP contribution in [0.25, 0.3) is 0 Å². The van der Waals surface area contributed by atoms with E-state index in [4.69, 9.17) is 0 Å². The van der Waals surface area contributed by atoms with Crippen LogP contribution in [-0.4, -0.2) is 11.8 Å². The molecule has 0 aromatic heterocycles. The van der Waals surface area contributed by atoms with Gasteiger partial charge in [-0.15, -0.1) is 0 Å². The van der Waals surface area contributed by atoms with Crippen LogP contribution in [0.15, 0.2) is 46.9 Å². The predicted molar refractivity (Wildman–Crippen MR) is 83.2 cm³/mol. The van der Waals surface area contributed by atoms with Gasteiger partial charge in [0, 0.05) is 15.7 Å². The van der Waals surface area contributed by atoms with Crippen molar-refractivity contribution < 1.29 is 14.0 Å². The number of carbonyl (C=O) groups excluding carboxylic acids is 2. The van der Waals surface area contributed by atoms with E-state index in [1.807, 2.05) is 0 Å². The first-order valence-electron chi connectivity index (χ1n) is 6.10. The quantitative estimate of drug-likeness (QED) is 0.804. The van der Waals surface area contributed by atoms with Crippen molar-refractivity contribution in [3.05, 3.63) is 58.3 Å². The van der Waals surface area contributed by atoms with E-state index in [1.165, 1.54) is 19.1 Å². The fraction of sp³-hybridized carbons (Fsp3) is 0.0667. The maximum Gasteiger partial charge on any atom is 0.323 e. The zero-order chi connectivity index (χ0) is 15.4. The number of benzene rings is 2. The van der Waals surface area contributed by atoms with Gasteiger partial charge in [-0.3, -0.25) is 4.79 Å². The Kier molecular flexibility index (Phi) is 4.70. The molecule has 0 aliphatic rings. The standard InChI is InChI=1S/C15H12BrFN2O2/c1-9(20)10-2-7-14(13(17)8-10)19-15(21)18-12-5-3-11(16)4-6-12/h2-8H,1H3,(H2,18,19,21). The van der Waals surface area contributed by atoms with Gasteiger partial charge >= 0.3 is 6.03 Å². The fourth-order valence-corrected chi connectivity index (χ4v) is 1.92. The number of carbonyl (C=O) groups is 2. The molecule has 0 heterocycles. The van der Waals surface area contributed by atoms with E-state index in [9.17, 15) is 14.0 Å². The first-order valence-corrected chi connectivity index (χ1v) is 6.89. The minimum absolute atomic E-state index is 0.00890. The molecule has 0 saturated heterocycles. The number of anilines is 2. The van der Waals surface area contributed by atoms with E-state index in [1.54, 1.807) is 24.3 Å². The van der Waals surface area contributed by atoms with Gasteiger partial charge in [0.05, 0.1) is 5.69 Å². The van der Waals surface area contributed by atoms with Crippen LogP contribution in [-0.2, 0) is 0 Å². The molecule has 2 rings (SSSR count). The molecule has 0 spiro atoms. The first kappa shape index (κ1) is 15.2. The molecule has 2 amide bonds. The number of hydrogen-bond donors (Lipinski definition) is 2. The highest BCUT2D eigenvalue weighted by Gasteiger charge is 2.09. The lowest BCUT2D eigenvalue weighted by molar-refractivity contribution is 0.101. The van der Waals surface area contributed by atoms with E-state index < -0.39 is 11.8 Å². The van der Waals surface area contributed by atoms with Crippen LogP contribution in [0.4, 0.5) is 20.6 Å². The van der Waals surface area contributed by atoms with Crippen molar-refractivity contribution in [2.24, 2.45) is 0 Å². The van der Waals surface area contributed by atoms with Crippen molar-refractivity contribution in [1.29, 1.82) is 0 Å². The molecule has 0 saturated carbocycles. The van der Waals surface area contributed by atoms with Gasteiger partial charge in [-0.2, -0.15) is 0 Å². The highest BCUT2D eigenvalue weighted by atomic mass is 79.9. The molecule has 0 fully saturated rings. The third-order valence-corrected chi connectivity index (χ3v) is 3.25. The van der Waals surface area contributed by atoms with Gasteiger partial charge in [0.15, 0.2) is 5.78 Å². The van der Waals surface area contributed by atoms with Gasteiger partial charge in [0.1, 0.15) is 5.82 Å². The highest BCUT2D eigenvalue weighted by Crippen LogP contribution is 2.18. The third-order valence-electron chi connectivity index (χ3n) is 2.73. The molecule has 4 nitrogen and oxygen atoms in total. The molecule has 2 N–H and O–H groups in total. The molecule has 108 valence electrons. The summed E-state index contributed by atoms with van der Waals surface area (Å²) in [4.78, 5) is 22.9. The summed E-state index contributed by atoms with van der Waals surface area (Å²) in [5.74, 6) is -0.895. The van der Waals surface area contributed by atoms with Crippen LogP contribution in [0.3, 0.4) is 0 Å². The second-order valence-electron chi connectivity index (χ2n) is 4.34. The Morgan fingerprint density at radius 1 is 1.05 bits per heavy atom. The molecule has 2 aromatic rings. The van der Waals surface area contributed by atoms with Gasteiger partial charge in [0.25, 0.3) is 0 Å². The maximum absolute atomic E-state index is 13.8. The molecule has 0 unspecified atom stereocenters. The molecule has 0 radical (unpaired) electrons. The summed E-state index contributed by atoms with van der Waals surface area (Å²) in [5.41, 5.74) is 0.845. The minimum Gasteiger partial charge on any atom is -0.308 e. The molecule has 0 atom stereocenters. The molecule has 0 aliphatic heterocycles. The highest BCUT2D eigenvalue weighted by molar-refractivity contribution is 9.10. The topological polar surface area (TPSA) is 58.2 Å². The Bertz CT molecular complexity index is 687. The van der Waals surface area contributed by atoms with Crippen molar-refractivity contribution in [2.75, 3.05) is 10.6 Å². The smallest absolute Gasteiger partial charge is 0.308 e. The number of amides is 2. The van der Waals surface area contributed by atoms with E-state index in [0.717, 1.165) is 10.5 Å². The van der Waals surface area contributed by atoms with Gasteiger partial charge in [-0.1, -0.05) is 15.9 Å². The third kappa shape index (κ3) is 4.13. The number of hydrogen-bond acceptors (Lipinski definition) is 2. The summed E-state index contributed by atoms with van der Waals surface area (Å²) < 4.78 is 14.6. The Hall–Kier alpha value is -2.21. The summed E-state index contributed by atoms with van der Waals surface area (Å²) >= 11 is 3.29. The number of urea groups is 1. The summed E-state index contributed by atoms with van der Waals surface area (Å²) in [7, 11) is 0. The van der Waals surface area contributed by atoms with Crippen molar-refractivity contribution in [1.82, 2.24) is 0 Å². The van der Waals surface area contributed by atoms with Gasteiger partial charge in [-0.25, -0.2) is 9.18 Å². The number of rotatable bonds is 3. The Balaban J connectivity index is 2.06. The largest absolute Gasteiger partial charge is 0.323 e. The Morgan fingerprint density at radius 2 is 1.71 bits per heavy atom. The van der Waals surface area contributed by atoms with Crippen LogP contribution in [0.2, 0.25) is 0 Å². The second kappa shape index (κ2) is 6.49. The summed E-state index contributed by atoms with van der Waals surface area (Å²) in [6.45, 7) is 1.35. The van der Waals surface area contributed by atoms with Gasteiger partial charge < -0.3 is 10.6 Å². The molecule has 2 aromatic carbocycles. The maximum atomic E-state index is 13.8. The number of halogens is 2. The fourth-order valence-electron chi connectivity index (χ4n) is 1.65. The number of Topliss-reactive ketones (excluding diaryl/α,β-unsaturated/α-hetero) is 1. The van der Waals surface area contributed by atoms with Crippen molar-refractivity contribution in [2.45, 2.75) is 6.92 Å². The molecule has 0 aliphatic carbocycles. The number of ketones is 1. The zero-order valence-corrected chi connectivity index (χ0v) is 12.7. The lowest BCUT2D eigenvalue weighted by Crippen LogP contribution is -2.20. The van der Waals surface area contributed by atoms with Crippen molar-refractivity contribution in [3.8, 4) is 0 Å². The molecular formula is C15H12BrFN2O2. The second-order valence-corrected chi connectivity index (χ2v) is 5.25. The average Bonchev–Trinajstić information content (AvgIpc) is 2.43. The normalized spacial score (nSPS) is 10.0. The first-order chi connectivity index (χ1) is 9.95. The predicted octanol–water partition coefficient (Wildman–Crippen LogP) is 4.43. The summed E-state index contributed by atoms with van der Waals surface area (Å²) in [6.07, 6.45) is 0. The summed E-state index contributed by atoms with van der Waals surface area (Å²) in [5, 5.41) is 4.97. The SMILES string of the molecule is CC(=O)c1ccc(NC(=O)Nc2ccc(Br)cc2)c(F)c1. The van der Waals surface area contributed by atoms with Crippen LogP contribution in [0.5, 0.6) is 0 Å². The summed E-state index contributed by atoms with van der Waals surface area (Å²) in [6, 6.07) is 10.3. The van der Waals surface area contributed by atoms with Crippen molar-refractivity contribution in [3.63, 3.8) is 0 Å². The molecular weight excluding hydrogens is 339 g/mol. The van der Waals surface area contributed by atoms with Crippen LogP contribution in [0.1, 0.15) is 17.3 Å². The van der Waals surface area contributed by atoms with Gasteiger partial charge in [-0.05, 0) is 49.4 Å². The van der Waals surface area contributed by atoms with Crippen LogP contribution in [0, 0.1) is 5.82 Å². The lowest BCUT2D eigenvalue weighted by atomic mass is 10.1. The monoisotopic (exact) mass is 350 g/mol. The van der Waals surface area contributed by atoms with Crippen LogP contribution < -0.4 is 10.6 Å². The lowest BCUT2D eigenvalue weighted by Gasteiger charge is -2.09. The van der Waals surface area contributed by atoms with Crippen LogP contribution >= 0.6 is 15.9 Å². The van der Waals surface area contributed by atoms with E-state index in [2.05, 4.69) is 26.6 Å². The Morgan fingerprint density at radius 3 is 2.29 bits per heavy atom. The van der Waals surface area contributed by atoms with Gasteiger partial charge in [0.2, 0.25) is 0 Å². The zero-order valence-electron chi connectivity index (χ0n) is 11.1.